The predicted molar refractivity (Wildman–Crippen MR) is 89.8 cm³/mol. The summed E-state index contributed by atoms with van der Waals surface area (Å²) in [5.74, 6) is 0.0836. The average molecular weight is 342 g/mol. The van der Waals surface area contributed by atoms with Gasteiger partial charge in [-0.1, -0.05) is 0 Å². The molecule has 1 saturated heterocycles. The number of amides is 1. The van der Waals surface area contributed by atoms with Gasteiger partial charge >= 0.3 is 0 Å². The van der Waals surface area contributed by atoms with Crippen molar-refractivity contribution in [3.8, 4) is 0 Å². The highest BCUT2D eigenvalue weighted by Crippen LogP contribution is 2.17. The van der Waals surface area contributed by atoms with Crippen molar-refractivity contribution in [2.24, 2.45) is 0 Å². The Kier molecular flexibility index (Phi) is 5.88. The maximum atomic E-state index is 12.5. The fourth-order valence-corrected chi connectivity index (χ4v) is 4.01. The van der Waals surface area contributed by atoms with Crippen LogP contribution in [0.15, 0.2) is 29.2 Å². The van der Waals surface area contributed by atoms with Gasteiger partial charge in [0.2, 0.25) is 10.0 Å². The van der Waals surface area contributed by atoms with Crippen LogP contribution in [0.1, 0.15) is 23.7 Å². The van der Waals surface area contributed by atoms with E-state index in [1.165, 1.54) is 4.31 Å². The van der Waals surface area contributed by atoms with Crippen LogP contribution in [0.5, 0.6) is 0 Å². The van der Waals surface area contributed by atoms with Crippen molar-refractivity contribution < 1.29 is 13.2 Å². The van der Waals surface area contributed by atoms with Crippen molar-refractivity contribution in [2.75, 3.05) is 38.2 Å². The minimum absolute atomic E-state index is 0.0246. The first-order valence-corrected chi connectivity index (χ1v) is 10.2. The van der Waals surface area contributed by atoms with Gasteiger partial charge in [-0.2, -0.15) is 0 Å². The zero-order chi connectivity index (χ0) is 16.2. The standard InChI is InChI=1S/C15H22N2O3S2/c1-3-22(19,20)17-10-4-9-16(11-12-17)15(18)13-5-7-14(21-2)8-6-13/h5-8H,3-4,9-12H2,1-2H3. The van der Waals surface area contributed by atoms with Gasteiger partial charge < -0.3 is 4.90 Å². The summed E-state index contributed by atoms with van der Waals surface area (Å²) in [4.78, 5) is 15.4. The lowest BCUT2D eigenvalue weighted by atomic mass is 10.2. The second-order valence-electron chi connectivity index (χ2n) is 5.17. The molecule has 22 heavy (non-hydrogen) atoms. The van der Waals surface area contributed by atoms with Crippen molar-refractivity contribution >= 4 is 27.7 Å². The predicted octanol–water partition coefficient (Wildman–Crippen LogP) is 1.91. The van der Waals surface area contributed by atoms with E-state index in [1.807, 2.05) is 30.5 Å². The smallest absolute Gasteiger partial charge is 0.253 e. The number of benzene rings is 1. The first kappa shape index (κ1) is 17.3. The molecule has 0 bridgehead atoms. The summed E-state index contributed by atoms with van der Waals surface area (Å²) in [6.07, 6.45) is 2.67. The van der Waals surface area contributed by atoms with Crippen molar-refractivity contribution in [2.45, 2.75) is 18.2 Å². The van der Waals surface area contributed by atoms with E-state index in [4.69, 9.17) is 0 Å². The Bertz CT molecular complexity index is 614. The summed E-state index contributed by atoms with van der Waals surface area (Å²) in [5.41, 5.74) is 0.657. The van der Waals surface area contributed by atoms with Crippen molar-refractivity contribution in [1.82, 2.24) is 9.21 Å². The highest BCUT2D eigenvalue weighted by Gasteiger charge is 2.25. The number of carbonyl (C=O) groups excluding carboxylic acids is 1. The Labute approximate surface area is 136 Å². The molecule has 0 saturated carbocycles. The van der Waals surface area contributed by atoms with Crippen LogP contribution in [0.2, 0.25) is 0 Å². The molecular formula is C15H22N2O3S2. The largest absolute Gasteiger partial charge is 0.337 e. The van der Waals surface area contributed by atoms with Crippen LogP contribution < -0.4 is 0 Å². The summed E-state index contributed by atoms with van der Waals surface area (Å²) < 4.78 is 25.4. The molecule has 1 aromatic rings. The molecule has 0 spiro atoms. The molecule has 1 fully saturated rings. The fourth-order valence-electron chi connectivity index (χ4n) is 2.47. The Hall–Kier alpha value is -1.05. The van der Waals surface area contributed by atoms with Gasteiger partial charge in [0, 0.05) is 36.6 Å². The Morgan fingerprint density at radius 3 is 2.41 bits per heavy atom. The minimum atomic E-state index is -3.17. The number of sulfonamides is 1. The minimum Gasteiger partial charge on any atom is -0.337 e. The molecule has 7 heteroatoms. The van der Waals surface area contributed by atoms with Crippen molar-refractivity contribution in [3.05, 3.63) is 29.8 Å². The highest BCUT2D eigenvalue weighted by atomic mass is 32.2. The number of thioether (sulfide) groups is 1. The monoisotopic (exact) mass is 342 g/mol. The van der Waals surface area contributed by atoms with E-state index in [9.17, 15) is 13.2 Å². The third-order valence-corrected chi connectivity index (χ3v) is 6.46. The van der Waals surface area contributed by atoms with Crippen LogP contribution in [-0.2, 0) is 10.0 Å². The van der Waals surface area contributed by atoms with E-state index >= 15 is 0 Å². The SMILES string of the molecule is CCS(=O)(=O)N1CCCN(C(=O)c2ccc(SC)cc2)CC1. The average Bonchev–Trinajstić information content (AvgIpc) is 2.81. The lowest BCUT2D eigenvalue weighted by Gasteiger charge is -2.21. The number of hydrogen-bond donors (Lipinski definition) is 0. The lowest BCUT2D eigenvalue weighted by Crippen LogP contribution is -2.37. The third kappa shape index (κ3) is 4.02. The molecule has 0 N–H and O–H groups in total. The first-order chi connectivity index (χ1) is 10.5. The van der Waals surface area contributed by atoms with E-state index in [0.717, 1.165) is 4.90 Å². The third-order valence-electron chi connectivity index (χ3n) is 3.84. The molecule has 0 aliphatic carbocycles. The van der Waals surface area contributed by atoms with Gasteiger partial charge in [0.25, 0.3) is 5.91 Å². The van der Waals surface area contributed by atoms with Gasteiger partial charge in [-0.3, -0.25) is 4.79 Å². The van der Waals surface area contributed by atoms with E-state index in [-0.39, 0.29) is 11.7 Å². The summed E-state index contributed by atoms with van der Waals surface area (Å²) in [6, 6.07) is 7.53. The quantitative estimate of drug-likeness (QED) is 0.784. The maximum absolute atomic E-state index is 12.5. The second kappa shape index (κ2) is 7.48. The highest BCUT2D eigenvalue weighted by molar-refractivity contribution is 7.98. The van der Waals surface area contributed by atoms with Crippen molar-refractivity contribution in [3.63, 3.8) is 0 Å². The molecule has 2 rings (SSSR count). The molecule has 122 valence electrons. The van der Waals surface area contributed by atoms with Gasteiger partial charge in [0.15, 0.2) is 0 Å². The molecular weight excluding hydrogens is 320 g/mol. The molecule has 1 aliphatic heterocycles. The van der Waals surface area contributed by atoms with Crippen LogP contribution in [-0.4, -0.2) is 61.7 Å². The molecule has 0 unspecified atom stereocenters. The van der Waals surface area contributed by atoms with Gasteiger partial charge in [0.1, 0.15) is 0 Å². The normalized spacial score (nSPS) is 17.3. The van der Waals surface area contributed by atoms with Gasteiger partial charge in [-0.15, -0.1) is 11.8 Å². The van der Waals surface area contributed by atoms with Crippen LogP contribution in [0.3, 0.4) is 0 Å². The molecule has 0 radical (unpaired) electrons. The molecule has 1 amide bonds. The van der Waals surface area contributed by atoms with E-state index < -0.39 is 10.0 Å². The molecule has 5 nitrogen and oxygen atoms in total. The van der Waals surface area contributed by atoms with Gasteiger partial charge in [-0.05, 0) is 43.9 Å². The zero-order valence-electron chi connectivity index (χ0n) is 13.0. The Morgan fingerprint density at radius 1 is 1.14 bits per heavy atom. The van der Waals surface area contributed by atoms with E-state index in [1.54, 1.807) is 23.6 Å². The zero-order valence-corrected chi connectivity index (χ0v) is 14.6. The van der Waals surface area contributed by atoms with Crippen LogP contribution in [0, 0.1) is 0 Å². The second-order valence-corrected chi connectivity index (χ2v) is 8.31. The Balaban J connectivity index is 2.05. The topological polar surface area (TPSA) is 57.7 Å². The summed E-state index contributed by atoms with van der Waals surface area (Å²) in [5, 5.41) is 0. The van der Waals surface area contributed by atoms with Crippen LogP contribution in [0.4, 0.5) is 0 Å². The molecule has 1 aliphatic rings. The number of carbonyl (C=O) groups is 1. The molecule has 1 aromatic carbocycles. The number of rotatable bonds is 4. The molecule has 0 aromatic heterocycles. The first-order valence-electron chi connectivity index (χ1n) is 7.39. The summed E-state index contributed by atoms with van der Waals surface area (Å²) in [6.45, 7) is 3.56. The number of hydrogen-bond acceptors (Lipinski definition) is 4. The molecule has 1 heterocycles. The Morgan fingerprint density at radius 2 is 1.82 bits per heavy atom. The van der Waals surface area contributed by atoms with E-state index in [0.29, 0.717) is 38.2 Å². The fraction of sp³-hybridized carbons (Fsp3) is 0.533. The summed E-state index contributed by atoms with van der Waals surface area (Å²) in [7, 11) is -3.17. The summed E-state index contributed by atoms with van der Waals surface area (Å²) >= 11 is 1.64. The lowest BCUT2D eigenvalue weighted by molar-refractivity contribution is 0.0764. The van der Waals surface area contributed by atoms with E-state index in [2.05, 4.69) is 0 Å². The van der Waals surface area contributed by atoms with Gasteiger partial charge in [-0.25, -0.2) is 12.7 Å². The van der Waals surface area contributed by atoms with Crippen LogP contribution >= 0.6 is 11.8 Å². The van der Waals surface area contributed by atoms with Crippen molar-refractivity contribution in [1.29, 1.82) is 0 Å². The van der Waals surface area contributed by atoms with Gasteiger partial charge in [0.05, 0.1) is 5.75 Å². The molecule has 0 atom stereocenters. The number of nitrogens with zero attached hydrogens (tertiary/aromatic N) is 2. The van der Waals surface area contributed by atoms with Crippen LogP contribution in [0.25, 0.3) is 0 Å². The maximum Gasteiger partial charge on any atom is 0.253 e.